The Morgan fingerprint density at radius 3 is 2.71 bits per heavy atom. The van der Waals surface area contributed by atoms with Crippen molar-refractivity contribution in [2.75, 3.05) is 11.9 Å². The molecule has 0 heterocycles. The zero-order chi connectivity index (χ0) is 12.8. The maximum absolute atomic E-state index is 11.5. The molecule has 0 aliphatic rings. The van der Waals surface area contributed by atoms with Gasteiger partial charge < -0.3 is 4.74 Å². The van der Waals surface area contributed by atoms with E-state index in [1.165, 1.54) is 0 Å². The molecule has 2 nitrogen and oxygen atoms in total. The molecule has 0 radical (unpaired) electrons. The number of ketones is 1. The lowest BCUT2D eigenvalue weighted by atomic mass is 10.1. The Morgan fingerprint density at radius 2 is 2.18 bits per heavy atom. The van der Waals surface area contributed by atoms with Gasteiger partial charge in [-0.25, -0.2) is 0 Å². The van der Waals surface area contributed by atoms with Crippen molar-refractivity contribution < 1.29 is 9.53 Å². The van der Waals surface area contributed by atoms with E-state index in [1.807, 2.05) is 25.1 Å². The number of carbonyl (C=O) groups excluding carboxylic acids is 1. The van der Waals surface area contributed by atoms with Crippen molar-refractivity contribution in [2.45, 2.75) is 27.2 Å². The Hall–Kier alpha value is -0.830. The molecule has 17 heavy (non-hydrogen) atoms. The molecule has 94 valence electrons. The summed E-state index contributed by atoms with van der Waals surface area (Å²) in [5.74, 6) is 1.23. The molecule has 1 aromatic carbocycles. The number of halogens is 1. The fourth-order valence-corrected chi connectivity index (χ4v) is 2.17. The molecule has 0 aliphatic carbocycles. The third-order valence-corrected chi connectivity index (χ3v) is 3.70. The number of carbonyl (C=O) groups is 1. The minimum Gasteiger partial charge on any atom is -0.493 e. The van der Waals surface area contributed by atoms with Gasteiger partial charge in [0.05, 0.1) is 12.2 Å². The lowest BCUT2D eigenvalue weighted by Crippen LogP contribution is -2.13. The van der Waals surface area contributed by atoms with E-state index < -0.39 is 0 Å². The van der Waals surface area contributed by atoms with Crippen molar-refractivity contribution in [1.82, 2.24) is 0 Å². The zero-order valence-electron chi connectivity index (χ0n) is 10.6. The van der Waals surface area contributed by atoms with Crippen LogP contribution in [0.1, 0.15) is 36.2 Å². The number of ether oxygens (including phenoxy) is 1. The molecule has 0 fully saturated rings. The average Bonchev–Trinajstić information content (AvgIpc) is 2.31. The van der Waals surface area contributed by atoms with Gasteiger partial charge in [-0.15, -0.1) is 0 Å². The summed E-state index contributed by atoms with van der Waals surface area (Å²) in [7, 11) is 0. The van der Waals surface area contributed by atoms with Crippen LogP contribution in [0.15, 0.2) is 18.2 Å². The summed E-state index contributed by atoms with van der Waals surface area (Å²) in [5.41, 5.74) is 1.75. The van der Waals surface area contributed by atoms with E-state index in [0.717, 1.165) is 17.3 Å². The second-order valence-corrected chi connectivity index (χ2v) is 4.94. The van der Waals surface area contributed by atoms with Gasteiger partial charge in [-0.05, 0) is 32.4 Å². The van der Waals surface area contributed by atoms with E-state index in [9.17, 15) is 4.79 Å². The standard InChI is InChI=1S/C14H19BrO2/c1-4-12(8-15)9-17-14-6-5-10(2)7-13(14)11(3)16/h5-7,12H,4,8-9H2,1-3H3. The molecule has 0 aliphatic heterocycles. The lowest BCUT2D eigenvalue weighted by molar-refractivity contribution is 0.101. The highest BCUT2D eigenvalue weighted by atomic mass is 79.9. The summed E-state index contributed by atoms with van der Waals surface area (Å²) < 4.78 is 5.75. The fourth-order valence-electron chi connectivity index (χ4n) is 1.52. The molecular formula is C14H19BrO2. The van der Waals surface area contributed by atoms with Crippen LogP contribution in [0, 0.1) is 12.8 Å². The first kappa shape index (κ1) is 14.2. The van der Waals surface area contributed by atoms with E-state index in [2.05, 4.69) is 22.9 Å². The monoisotopic (exact) mass is 298 g/mol. The van der Waals surface area contributed by atoms with Crippen molar-refractivity contribution >= 4 is 21.7 Å². The first-order chi connectivity index (χ1) is 8.08. The van der Waals surface area contributed by atoms with E-state index in [0.29, 0.717) is 23.8 Å². The van der Waals surface area contributed by atoms with Crippen LogP contribution >= 0.6 is 15.9 Å². The van der Waals surface area contributed by atoms with Crippen LogP contribution in [-0.2, 0) is 0 Å². The zero-order valence-corrected chi connectivity index (χ0v) is 12.2. The van der Waals surface area contributed by atoms with E-state index in [4.69, 9.17) is 4.74 Å². The average molecular weight is 299 g/mol. The summed E-state index contributed by atoms with van der Waals surface area (Å²) in [5, 5.41) is 0.921. The molecule has 1 atom stereocenters. The van der Waals surface area contributed by atoms with Crippen LogP contribution in [0.5, 0.6) is 5.75 Å². The summed E-state index contributed by atoms with van der Waals surface area (Å²) in [6.07, 6.45) is 1.06. The predicted molar refractivity (Wildman–Crippen MR) is 74.3 cm³/mol. The van der Waals surface area contributed by atoms with Crippen molar-refractivity contribution in [3.63, 3.8) is 0 Å². The van der Waals surface area contributed by atoms with Gasteiger partial charge in [0.15, 0.2) is 5.78 Å². The van der Waals surface area contributed by atoms with Crippen molar-refractivity contribution in [3.8, 4) is 5.75 Å². The van der Waals surface area contributed by atoms with Gasteiger partial charge in [-0.1, -0.05) is 34.5 Å². The highest BCUT2D eigenvalue weighted by Gasteiger charge is 2.11. The molecule has 1 aromatic rings. The molecule has 1 unspecified atom stereocenters. The molecule has 0 saturated carbocycles. The summed E-state index contributed by atoms with van der Waals surface area (Å²) >= 11 is 3.46. The summed E-state index contributed by atoms with van der Waals surface area (Å²) in [6.45, 7) is 6.33. The van der Waals surface area contributed by atoms with Crippen molar-refractivity contribution in [1.29, 1.82) is 0 Å². The second kappa shape index (κ2) is 6.80. The van der Waals surface area contributed by atoms with Gasteiger partial charge in [0.25, 0.3) is 0 Å². The maximum Gasteiger partial charge on any atom is 0.163 e. The Labute approximate surface area is 111 Å². The van der Waals surface area contributed by atoms with Crippen LogP contribution in [0.3, 0.4) is 0 Å². The fraction of sp³-hybridized carbons (Fsp3) is 0.500. The number of alkyl halides is 1. The first-order valence-electron chi connectivity index (χ1n) is 5.88. The maximum atomic E-state index is 11.5. The normalized spacial score (nSPS) is 12.2. The van der Waals surface area contributed by atoms with Crippen molar-refractivity contribution in [3.05, 3.63) is 29.3 Å². The molecule has 0 amide bonds. The molecule has 0 spiro atoms. The molecule has 1 rings (SSSR count). The quantitative estimate of drug-likeness (QED) is 0.586. The number of rotatable bonds is 6. The molecule has 0 bridgehead atoms. The number of aryl methyl sites for hydroxylation is 1. The van der Waals surface area contributed by atoms with E-state index in [1.54, 1.807) is 6.92 Å². The van der Waals surface area contributed by atoms with E-state index >= 15 is 0 Å². The van der Waals surface area contributed by atoms with E-state index in [-0.39, 0.29) is 5.78 Å². The van der Waals surface area contributed by atoms with Gasteiger partial charge in [0.2, 0.25) is 0 Å². The molecule has 0 saturated heterocycles. The van der Waals surface area contributed by atoms with Crippen molar-refractivity contribution in [2.24, 2.45) is 5.92 Å². The predicted octanol–water partition coefficient (Wildman–Crippen LogP) is 4.00. The Morgan fingerprint density at radius 1 is 1.47 bits per heavy atom. The van der Waals surface area contributed by atoms with Gasteiger partial charge in [0.1, 0.15) is 5.75 Å². The van der Waals surface area contributed by atoms with Gasteiger partial charge in [-0.3, -0.25) is 4.79 Å². The highest BCUT2D eigenvalue weighted by molar-refractivity contribution is 9.09. The Balaban J connectivity index is 2.80. The molecule has 0 aromatic heterocycles. The largest absolute Gasteiger partial charge is 0.493 e. The third-order valence-electron chi connectivity index (χ3n) is 2.78. The van der Waals surface area contributed by atoms with Gasteiger partial charge in [0, 0.05) is 11.2 Å². The summed E-state index contributed by atoms with van der Waals surface area (Å²) in [6, 6.07) is 5.73. The SMILES string of the molecule is CCC(CBr)COc1ccc(C)cc1C(C)=O. The van der Waals surface area contributed by atoms with Crippen LogP contribution in [0.2, 0.25) is 0 Å². The minimum absolute atomic E-state index is 0.0515. The second-order valence-electron chi connectivity index (χ2n) is 4.30. The topological polar surface area (TPSA) is 26.3 Å². The summed E-state index contributed by atoms with van der Waals surface area (Å²) in [4.78, 5) is 11.5. The Kier molecular flexibility index (Phi) is 5.69. The van der Waals surface area contributed by atoms with Gasteiger partial charge in [-0.2, -0.15) is 0 Å². The first-order valence-corrected chi connectivity index (χ1v) is 7.01. The number of hydrogen-bond acceptors (Lipinski definition) is 2. The third kappa shape index (κ3) is 4.15. The van der Waals surface area contributed by atoms with Crippen LogP contribution in [0.4, 0.5) is 0 Å². The number of hydrogen-bond donors (Lipinski definition) is 0. The highest BCUT2D eigenvalue weighted by Crippen LogP contribution is 2.22. The van der Waals surface area contributed by atoms with Crippen LogP contribution in [0.25, 0.3) is 0 Å². The smallest absolute Gasteiger partial charge is 0.163 e. The lowest BCUT2D eigenvalue weighted by Gasteiger charge is -2.15. The number of Topliss-reactive ketones (excluding diaryl/α,β-unsaturated/α-hetero) is 1. The Bertz CT molecular complexity index is 384. The molecule has 3 heteroatoms. The molecular weight excluding hydrogens is 280 g/mol. The van der Waals surface area contributed by atoms with Crippen LogP contribution in [-0.4, -0.2) is 17.7 Å². The number of benzene rings is 1. The van der Waals surface area contributed by atoms with Crippen LogP contribution < -0.4 is 4.74 Å². The minimum atomic E-state index is 0.0515. The molecule has 0 N–H and O–H groups in total. The van der Waals surface area contributed by atoms with Gasteiger partial charge >= 0.3 is 0 Å².